The molecule has 1 amide bonds. The Morgan fingerprint density at radius 1 is 1.03 bits per heavy atom. The van der Waals surface area contributed by atoms with Gasteiger partial charge in [-0.1, -0.05) is 29.8 Å². The number of Topliss-reactive ketones (excluding diaryl/α,β-unsaturated/α-hetero) is 1. The molecule has 8 nitrogen and oxygen atoms in total. The van der Waals surface area contributed by atoms with Crippen LogP contribution in [-0.4, -0.2) is 53.5 Å². The second kappa shape index (κ2) is 8.91. The highest BCUT2D eigenvalue weighted by Crippen LogP contribution is 2.43. The number of benzene rings is 2. The van der Waals surface area contributed by atoms with Crippen molar-refractivity contribution in [3.05, 3.63) is 64.7 Å². The molecule has 1 unspecified atom stereocenters. The zero-order valence-corrected chi connectivity index (χ0v) is 17.4. The van der Waals surface area contributed by atoms with Crippen LogP contribution < -0.4 is 9.47 Å². The molecule has 1 atom stereocenters. The fourth-order valence-corrected chi connectivity index (χ4v) is 3.56. The maximum atomic E-state index is 12.9. The van der Waals surface area contributed by atoms with Gasteiger partial charge in [0, 0.05) is 23.7 Å². The van der Waals surface area contributed by atoms with Gasteiger partial charge in [0.2, 0.25) is 0 Å². The highest BCUT2D eigenvalue weighted by molar-refractivity contribution is 6.46. The first kappa shape index (κ1) is 21.9. The van der Waals surface area contributed by atoms with E-state index in [0.29, 0.717) is 22.6 Å². The molecule has 1 aliphatic heterocycles. The molecule has 0 aromatic heterocycles. The van der Waals surface area contributed by atoms with Crippen LogP contribution in [0.1, 0.15) is 29.2 Å². The van der Waals surface area contributed by atoms with Gasteiger partial charge >= 0.3 is 5.97 Å². The van der Waals surface area contributed by atoms with Gasteiger partial charge in [-0.2, -0.15) is 0 Å². The van der Waals surface area contributed by atoms with Crippen molar-refractivity contribution in [1.82, 2.24) is 4.90 Å². The summed E-state index contributed by atoms with van der Waals surface area (Å²) in [6.07, 6.45) is -0.355. The van der Waals surface area contributed by atoms with Crippen molar-refractivity contribution in [2.75, 3.05) is 20.8 Å². The Morgan fingerprint density at radius 2 is 1.71 bits per heavy atom. The maximum absolute atomic E-state index is 12.9. The van der Waals surface area contributed by atoms with E-state index in [0.717, 1.165) is 10.5 Å². The SMILES string of the molecule is COc1ccc(C2/C(=C(\O)c3ccc(C)cc3)C(=O)C(=O)N2CCC(=O)O)c(OC)c1. The molecule has 0 radical (unpaired) electrons. The van der Waals surface area contributed by atoms with Crippen LogP contribution in [0.25, 0.3) is 5.76 Å². The number of aryl methyl sites for hydroxylation is 1. The number of carboxylic acids is 1. The van der Waals surface area contributed by atoms with Crippen molar-refractivity contribution < 1.29 is 34.1 Å². The first-order valence-corrected chi connectivity index (χ1v) is 9.57. The molecule has 2 aromatic carbocycles. The standard InChI is InChI=1S/C23H23NO7/c1-13-4-6-14(7-5-13)21(27)19-20(16-9-8-15(30-2)12-17(16)31-3)24(11-10-18(25)26)23(29)22(19)28/h4-9,12,20,27H,10-11H2,1-3H3,(H,25,26)/b21-19+. The molecule has 162 valence electrons. The molecule has 1 fully saturated rings. The molecular formula is C23H23NO7. The smallest absolute Gasteiger partial charge is 0.305 e. The zero-order chi connectivity index (χ0) is 22.7. The number of hydrogen-bond donors (Lipinski definition) is 2. The highest BCUT2D eigenvalue weighted by atomic mass is 16.5. The number of aliphatic hydroxyl groups is 1. The van der Waals surface area contributed by atoms with Gasteiger partial charge in [0.25, 0.3) is 11.7 Å². The Hall–Kier alpha value is -3.81. The average Bonchev–Trinajstić information content (AvgIpc) is 3.01. The minimum absolute atomic E-state index is 0.122. The van der Waals surface area contributed by atoms with Crippen LogP contribution in [0, 0.1) is 6.92 Å². The zero-order valence-electron chi connectivity index (χ0n) is 17.4. The van der Waals surface area contributed by atoms with Crippen LogP contribution in [0.15, 0.2) is 48.0 Å². The monoisotopic (exact) mass is 425 g/mol. The summed E-state index contributed by atoms with van der Waals surface area (Å²) in [7, 11) is 2.92. The number of amides is 1. The van der Waals surface area contributed by atoms with Gasteiger partial charge in [0.05, 0.1) is 32.3 Å². The molecule has 0 aliphatic carbocycles. The number of carboxylic acid groups (broad SMARTS) is 1. The number of aliphatic carboxylic acids is 1. The molecule has 3 rings (SSSR count). The van der Waals surface area contributed by atoms with Crippen LogP contribution in [0.4, 0.5) is 0 Å². The minimum Gasteiger partial charge on any atom is -0.507 e. The number of nitrogens with zero attached hydrogens (tertiary/aromatic N) is 1. The molecule has 31 heavy (non-hydrogen) atoms. The van der Waals surface area contributed by atoms with Gasteiger partial charge in [-0.25, -0.2) is 0 Å². The Balaban J connectivity index is 2.21. The normalized spacial score (nSPS) is 17.6. The van der Waals surface area contributed by atoms with E-state index in [4.69, 9.17) is 14.6 Å². The van der Waals surface area contributed by atoms with E-state index in [1.807, 2.05) is 6.92 Å². The largest absolute Gasteiger partial charge is 0.507 e. The van der Waals surface area contributed by atoms with Crippen LogP contribution in [-0.2, 0) is 14.4 Å². The van der Waals surface area contributed by atoms with E-state index in [2.05, 4.69) is 0 Å². The fraction of sp³-hybridized carbons (Fsp3) is 0.261. The third-order valence-corrected chi connectivity index (χ3v) is 5.17. The Kier molecular flexibility index (Phi) is 6.29. The Morgan fingerprint density at radius 3 is 2.29 bits per heavy atom. The molecule has 2 aromatic rings. The van der Waals surface area contributed by atoms with Crippen molar-refractivity contribution >= 4 is 23.4 Å². The van der Waals surface area contributed by atoms with Crippen molar-refractivity contribution in [3.63, 3.8) is 0 Å². The Bertz CT molecular complexity index is 1060. The van der Waals surface area contributed by atoms with Gasteiger partial charge in [0.1, 0.15) is 17.3 Å². The number of ketones is 1. The third-order valence-electron chi connectivity index (χ3n) is 5.17. The predicted octanol–water partition coefficient (Wildman–Crippen LogP) is 2.91. The molecule has 8 heteroatoms. The number of rotatable bonds is 7. The summed E-state index contributed by atoms with van der Waals surface area (Å²) in [6.45, 7) is 1.68. The molecule has 2 N–H and O–H groups in total. The third kappa shape index (κ3) is 4.23. The molecule has 0 bridgehead atoms. The lowest BCUT2D eigenvalue weighted by Crippen LogP contribution is -2.32. The summed E-state index contributed by atoms with van der Waals surface area (Å²) >= 11 is 0. The summed E-state index contributed by atoms with van der Waals surface area (Å²) in [5, 5.41) is 20.1. The fourth-order valence-electron chi connectivity index (χ4n) is 3.56. The van der Waals surface area contributed by atoms with Gasteiger partial charge in [-0.05, 0) is 19.1 Å². The molecular weight excluding hydrogens is 402 g/mol. The van der Waals surface area contributed by atoms with Gasteiger partial charge in [-0.15, -0.1) is 0 Å². The summed E-state index contributed by atoms with van der Waals surface area (Å²) in [5.74, 6) is -2.37. The predicted molar refractivity (Wildman–Crippen MR) is 112 cm³/mol. The minimum atomic E-state index is -1.11. The van der Waals surface area contributed by atoms with Crippen LogP contribution in [0.5, 0.6) is 11.5 Å². The van der Waals surface area contributed by atoms with Crippen molar-refractivity contribution in [2.45, 2.75) is 19.4 Å². The van der Waals surface area contributed by atoms with Crippen LogP contribution in [0.2, 0.25) is 0 Å². The summed E-state index contributed by atoms with van der Waals surface area (Å²) in [5.41, 5.74) is 1.65. The maximum Gasteiger partial charge on any atom is 0.305 e. The van der Waals surface area contributed by atoms with Crippen molar-refractivity contribution in [3.8, 4) is 11.5 Å². The van der Waals surface area contributed by atoms with Crippen LogP contribution in [0.3, 0.4) is 0 Å². The average molecular weight is 425 g/mol. The molecule has 1 saturated heterocycles. The topological polar surface area (TPSA) is 113 Å². The van der Waals surface area contributed by atoms with Crippen molar-refractivity contribution in [2.24, 2.45) is 0 Å². The van der Waals surface area contributed by atoms with E-state index in [1.54, 1.807) is 42.5 Å². The lowest BCUT2D eigenvalue weighted by molar-refractivity contribution is -0.142. The van der Waals surface area contributed by atoms with E-state index < -0.39 is 23.7 Å². The van der Waals surface area contributed by atoms with Gasteiger partial charge in [-0.3, -0.25) is 14.4 Å². The molecule has 0 saturated carbocycles. The van der Waals surface area contributed by atoms with Gasteiger partial charge < -0.3 is 24.6 Å². The first-order chi connectivity index (χ1) is 14.8. The number of carbonyl (C=O) groups excluding carboxylic acids is 2. The number of hydrogen-bond acceptors (Lipinski definition) is 6. The number of aliphatic hydroxyl groups excluding tert-OH is 1. The first-order valence-electron chi connectivity index (χ1n) is 9.57. The number of ether oxygens (including phenoxy) is 2. The van der Waals surface area contributed by atoms with E-state index >= 15 is 0 Å². The molecule has 0 spiro atoms. The van der Waals surface area contributed by atoms with E-state index in [1.165, 1.54) is 14.2 Å². The molecule has 1 aliphatic rings. The summed E-state index contributed by atoms with van der Waals surface area (Å²) in [6, 6.07) is 10.7. The summed E-state index contributed by atoms with van der Waals surface area (Å²) in [4.78, 5) is 38.0. The number of carbonyl (C=O) groups is 3. The number of likely N-dealkylation sites (tertiary alicyclic amines) is 1. The van der Waals surface area contributed by atoms with Gasteiger partial charge in [0.15, 0.2) is 0 Å². The quantitative estimate of drug-likeness (QED) is 0.398. The number of methoxy groups -OCH3 is 2. The molecule has 1 heterocycles. The lowest BCUT2D eigenvalue weighted by Gasteiger charge is -2.26. The second-order valence-electron chi connectivity index (χ2n) is 7.11. The van der Waals surface area contributed by atoms with E-state index in [9.17, 15) is 19.5 Å². The lowest BCUT2D eigenvalue weighted by atomic mass is 9.94. The van der Waals surface area contributed by atoms with E-state index in [-0.39, 0.29) is 24.3 Å². The second-order valence-corrected chi connectivity index (χ2v) is 7.11. The Labute approximate surface area is 179 Å². The summed E-state index contributed by atoms with van der Waals surface area (Å²) < 4.78 is 10.7. The van der Waals surface area contributed by atoms with Crippen LogP contribution >= 0.6 is 0 Å². The van der Waals surface area contributed by atoms with Crippen molar-refractivity contribution in [1.29, 1.82) is 0 Å². The highest BCUT2D eigenvalue weighted by Gasteiger charge is 2.47.